The molecule has 1 amide bonds. The van der Waals surface area contributed by atoms with Gasteiger partial charge in [-0.2, -0.15) is 5.10 Å². The first-order chi connectivity index (χ1) is 13.6. The minimum absolute atomic E-state index is 0.129. The lowest BCUT2D eigenvalue weighted by atomic mass is 10.2. The molecule has 0 radical (unpaired) electrons. The average molecular weight is 397 g/mol. The van der Waals surface area contributed by atoms with Crippen LogP contribution in [0.1, 0.15) is 11.3 Å². The fourth-order valence-electron chi connectivity index (χ4n) is 3.00. The van der Waals surface area contributed by atoms with Gasteiger partial charge in [0.25, 0.3) is 5.91 Å². The molecule has 0 spiro atoms. The number of rotatable bonds is 6. The number of carbonyl (C=O) groups is 1. The Morgan fingerprint density at radius 1 is 1.11 bits per heavy atom. The van der Waals surface area contributed by atoms with Gasteiger partial charge < -0.3 is 14.8 Å². The van der Waals surface area contributed by atoms with Crippen LogP contribution in [0.15, 0.2) is 54.6 Å². The van der Waals surface area contributed by atoms with E-state index in [9.17, 15) is 9.00 Å². The number of hydrogen-bond acceptors (Lipinski definition) is 5. The van der Waals surface area contributed by atoms with Gasteiger partial charge in [-0.3, -0.25) is 9.00 Å². The van der Waals surface area contributed by atoms with Crippen molar-refractivity contribution in [2.45, 2.75) is 11.5 Å². The molecule has 1 atom stereocenters. The summed E-state index contributed by atoms with van der Waals surface area (Å²) in [6, 6.07) is 16.5. The van der Waals surface area contributed by atoms with E-state index in [1.54, 1.807) is 23.9 Å². The van der Waals surface area contributed by atoms with Crippen LogP contribution >= 0.6 is 0 Å². The maximum atomic E-state index is 12.5. The van der Waals surface area contributed by atoms with Crippen molar-refractivity contribution in [3.63, 3.8) is 0 Å². The van der Waals surface area contributed by atoms with Crippen molar-refractivity contribution >= 4 is 22.5 Å². The molecular weight excluding hydrogens is 378 g/mol. The first-order valence-corrected chi connectivity index (χ1v) is 10.2. The monoisotopic (exact) mass is 397 g/mol. The molecule has 0 saturated carbocycles. The summed E-state index contributed by atoms with van der Waals surface area (Å²) < 4.78 is 24.3. The third-order valence-electron chi connectivity index (χ3n) is 4.36. The highest BCUT2D eigenvalue weighted by Crippen LogP contribution is 2.31. The Hall–Kier alpha value is -3.13. The van der Waals surface area contributed by atoms with Crippen LogP contribution < -0.4 is 14.8 Å². The minimum atomic E-state index is -0.995. The second-order valence-electron chi connectivity index (χ2n) is 6.26. The Morgan fingerprint density at radius 2 is 1.86 bits per heavy atom. The predicted molar refractivity (Wildman–Crippen MR) is 106 cm³/mol. The molecule has 0 aliphatic carbocycles. The minimum Gasteiger partial charge on any atom is -0.497 e. The van der Waals surface area contributed by atoms with Crippen LogP contribution in [0.5, 0.6) is 11.5 Å². The van der Waals surface area contributed by atoms with Crippen molar-refractivity contribution in [1.29, 1.82) is 0 Å². The molecule has 1 N–H and O–H groups in total. The molecule has 0 unspecified atom stereocenters. The summed E-state index contributed by atoms with van der Waals surface area (Å²) >= 11 is 0. The van der Waals surface area contributed by atoms with E-state index in [-0.39, 0.29) is 12.5 Å². The Balaban J connectivity index is 1.57. The van der Waals surface area contributed by atoms with Crippen LogP contribution in [0.3, 0.4) is 0 Å². The van der Waals surface area contributed by atoms with Gasteiger partial charge in [-0.15, -0.1) is 0 Å². The molecule has 2 aromatic carbocycles. The van der Waals surface area contributed by atoms with Gasteiger partial charge in [0.2, 0.25) is 0 Å². The van der Waals surface area contributed by atoms with Gasteiger partial charge in [0.15, 0.2) is 6.61 Å². The number of fused-ring (bicyclic) bond motifs is 1. The standard InChI is InChI=1S/C20H19N3O4S/c1-26-15-9-7-14(8-10-15)23-20(17-12-28(25)13-18(17)22-23)21-19(24)11-27-16-5-3-2-4-6-16/h2-10H,11-13H2,1H3,(H,21,24)/t28-/m1/s1. The molecule has 1 aromatic heterocycles. The Bertz CT molecular complexity index is 1020. The molecule has 28 heavy (non-hydrogen) atoms. The second-order valence-corrected chi connectivity index (χ2v) is 7.72. The van der Waals surface area contributed by atoms with Crippen molar-refractivity contribution in [3.8, 4) is 17.2 Å². The van der Waals surface area contributed by atoms with Gasteiger partial charge in [-0.05, 0) is 36.4 Å². The van der Waals surface area contributed by atoms with E-state index in [1.807, 2.05) is 42.5 Å². The molecule has 144 valence electrons. The summed E-state index contributed by atoms with van der Waals surface area (Å²) in [6.07, 6.45) is 0. The SMILES string of the molecule is COc1ccc(-n2nc3c(c2NC(=O)COc2ccccc2)C[S@@](=O)C3)cc1. The van der Waals surface area contributed by atoms with Gasteiger partial charge in [0.1, 0.15) is 17.3 Å². The van der Waals surface area contributed by atoms with E-state index in [0.29, 0.717) is 23.1 Å². The van der Waals surface area contributed by atoms with Crippen LogP contribution in [0.4, 0.5) is 5.82 Å². The lowest BCUT2D eigenvalue weighted by molar-refractivity contribution is -0.118. The predicted octanol–water partition coefficient (Wildman–Crippen LogP) is 2.66. The largest absolute Gasteiger partial charge is 0.497 e. The maximum Gasteiger partial charge on any atom is 0.263 e. The van der Waals surface area contributed by atoms with E-state index in [0.717, 1.165) is 22.7 Å². The summed E-state index contributed by atoms with van der Waals surface area (Å²) in [4.78, 5) is 12.5. The summed E-state index contributed by atoms with van der Waals surface area (Å²) in [5.74, 6) is 2.34. The lowest BCUT2D eigenvalue weighted by Crippen LogP contribution is -2.22. The summed E-state index contributed by atoms with van der Waals surface area (Å²) in [5, 5.41) is 7.45. The number of methoxy groups -OCH3 is 1. The molecular formula is C20H19N3O4S. The first kappa shape index (κ1) is 18.2. The van der Waals surface area contributed by atoms with Gasteiger partial charge in [-0.1, -0.05) is 18.2 Å². The summed E-state index contributed by atoms with van der Waals surface area (Å²) in [5.41, 5.74) is 2.33. The third-order valence-corrected chi connectivity index (χ3v) is 5.56. The zero-order valence-electron chi connectivity index (χ0n) is 15.3. The number of carbonyl (C=O) groups excluding carboxylic acids is 1. The smallest absolute Gasteiger partial charge is 0.263 e. The number of aromatic nitrogens is 2. The second kappa shape index (κ2) is 7.85. The summed E-state index contributed by atoms with van der Waals surface area (Å²) in [6.45, 7) is -0.129. The maximum absolute atomic E-state index is 12.5. The molecule has 3 aromatic rings. The molecule has 8 heteroatoms. The quantitative estimate of drug-likeness (QED) is 0.692. The molecule has 1 aliphatic rings. The van der Waals surface area contributed by atoms with Crippen LogP contribution in [0.2, 0.25) is 0 Å². The van der Waals surface area contributed by atoms with E-state index >= 15 is 0 Å². The van der Waals surface area contributed by atoms with E-state index in [4.69, 9.17) is 9.47 Å². The zero-order valence-corrected chi connectivity index (χ0v) is 16.1. The molecule has 0 bridgehead atoms. The van der Waals surface area contributed by atoms with Crippen molar-refractivity contribution in [2.24, 2.45) is 0 Å². The van der Waals surface area contributed by atoms with Crippen molar-refractivity contribution in [3.05, 3.63) is 65.9 Å². The number of ether oxygens (including phenoxy) is 2. The van der Waals surface area contributed by atoms with Crippen LogP contribution in [0, 0.1) is 0 Å². The molecule has 1 aliphatic heterocycles. The topological polar surface area (TPSA) is 82.4 Å². The highest BCUT2D eigenvalue weighted by molar-refractivity contribution is 7.83. The normalized spacial score (nSPS) is 15.1. The highest BCUT2D eigenvalue weighted by Gasteiger charge is 2.28. The lowest BCUT2D eigenvalue weighted by Gasteiger charge is -2.12. The molecule has 2 heterocycles. The summed E-state index contributed by atoms with van der Waals surface area (Å²) in [7, 11) is 0.607. The van der Waals surface area contributed by atoms with E-state index in [1.165, 1.54) is 0 Å². The van der Waals surface area contributed by atoms with Crippen LogP contribution in [-0.2, 0) is 27.1 Å². The number of anilines is 1. The third kappa shape index (κ3) is 3.77. The molecule has 0 fully saturated rings. The van der Waals surface area contributed by atoms with E-state index in [2.05, 4.69) is 10.4 Å². The molecule has 7 nitrogen and oxygen atoms in total. The number of hydrogen-bond donors (Lipinski definition) is 1. The van der Waals surface area contributed by atoms with Crippen molar-refractivity contribution in [2.75, 3.05) is 19.0 Å². The highest BCUT2D eigenvalue weighted by atomic mass is 32.2. The number of para-hydroxylation sites is 1. The Morgan fingerprint density at radius 3 is 2.57 bits per heavy atom. The van der Waals surface area contributed by atoms with Crippen LogP contribution in [0.25, 0.3) is 5.69 Å². The first-order valence-electron chi connectivity index (χ1n) is 8.72. The van der Waals surface area contributed by atoms with Gasteiger partial charge in [0, 0.05) is 16.4 Å². The number of amides is 1. The molecule has 0 saturated heterocycles. The fraction of sp³-hybridized carbons (Fsp3) is 0.200. The Labute approximate surface area is 164 Å². The van der Waals surface area contributed by atoms with Crippen molar-refractivity contribution < 1.29 is 18.5 Å². The number of nitrogens with zero attached hydrogens (tertiary/aromatic N) is 2. The van der Waals surface area contributed by atoms with Crippen LogP contribution in [-0.4, -0.2) is 33.6 Å². The molecule has 4 rings (SSSR count). The fourth-order valence-corrected chi connectivity index (χ4v) is 4.26. The zero-order chi connectivity index (χ0) is 19.5. The van der Waals surface area contributed by atoms with Gasteiger partial charge >= 0.3 is 0 Å². The number of nitrogens with one attached hydrogen (secondary N) is 1. The van der Waals surface area contributed by atoms with Gasteiger partial charge in [-0.25, -0.2) is 4.68 Å². The van der Waals surface area contributed by atoms with Crippen molar-refractivity contribution in [1.82, 2.24) is 9.78 Å². The van der Waals surface area contributed by atoms with E-state index < -0.39 is 10.8 Å². The van der Waals surface area contributed by atoms with Gasteiger partial charge in [0.05, 0.1) is 30.0 Å². The Kier molecular flexibility index (Phi) is 5.12. The average Bonchev–Trinajstić information content (AvgIpc) is 3.24. The number of benzene rings is 2.